The molecule has 0 bridgehead atoms. The highest BCUT2D eigenvalue weighted by Gasteiger charge is 2.24. The molecule has 0 saturated heterocycles. The first-order valence-electron chi connectivity index (χ1n) is 3.86. The van der Waals surface area contributed by atoms with Gasteiger partial charge in [0.15, 0.2) is 0 Å². The fourth-order valence-corrected chi connectivity index (χ4v) is 0.893. The highest BCUT2D eigenvalue weighted by molar-refractivity contribution is 5.48. The number of halogens is 3. The van der Waals surface area contributed by atoms with Crippen LogP contribution < -0.4 is 0 Å². The van der Waals surface area contributed by atoms with Gasteiger partial charge in [-0.2, -0.15) is 13.2 Å². The minimum atomic E-state index is -4.11. The average molecular weight is 202 g/mol. The maximum Gasteiger partial charge on any atom is 0.392 e. The smallest absolute Gasteiger partial charge is 0.171 e. The summed E-state index contributed by atoms with van der Waals surface area (Å²) in [5.74, 6) is 0. The summed E-state index contributed by atoms with van der Waals surface area (Å²) in [5, 5.41) is 0. The molecule has 0 unspecified atom stereocenters. The lowest BCUT2D eigenvalue weighted by molar-refractivity contribution is -0.124. The van der Waals surface area contributed by atoms with Gasteiger partial charge in [0.1, 0.15) is 0 Å². The first-order valence-corrected chi connectivity index (χ1v) is 3.86. The number of alkyl halides is 3. The molecule has 0 spiro atoms. The van der Waals surface area contributed by atoms with E-state index in [-0.39, 0.29) is 7.43 Å². The molecule has 78 valence electrons. The van der Waals surface area contributed by atoms with Gasteiger partial charge in [0.05, 0.1) is 6.42 Å². The molecule has 0 aliphatic rings. The number of allylic oxidation sites excluding steroid dienone is 1. The molecule has 0 heterocycles. The van der Waals surface area contributed by atoms with E-state index >= 15 is 0 Å². The molecule has 1 aromatic rings. The molecule has 0 N–H and O–H groups in total. The molecule has 0 fully saturated rings. The van der Waals surface area contributed by atoms with Gasteiger partial charge in [0.25, 0.3) is 0 Å². The van der Waals surface area contributed by atoms with E-state index in [0.29, 0.717) is 0 Å². The van der Waals surface area contributed by atoms with Gasteiger partial charge >= 0.3 is 6.18 Å². The lowest BCUT2D eigenvalue weighted by Gasteiger charge is -1.99. The fourth-order valence-electron chi connectivity index (χ4n) is 0.893. The van der Waals surface area contributed by atoms with Crippen LogP contribution in [0.2, 0.25) is 0 Å². The van der Waals surface area contributed by atoms with E-state index in [9.17, 15) is 13.2 Å². The van der Waals surface area contributed by atoms with Gasteiger partial charge in [-0.05, 0) is 5.56 Å². The lowest BCUT2D eigenvalue weighted by Crippen LogP contribution is -2.03. The lowest BCUT2D eigenvalue weighted by atomic mass is 10.2. The van der Waals surface area contributed by atoms with Crippen LogP contribution in [0.25, 0.3) is 6.08 Å². The predicted molar refractivity (Wildman–Crippen MR) is 52.9 cm³/mol. The summed E-state index contributed by atoms with van der Waals surface area (Å²) in [6.45, 7) is 0. The Labute approximate surface area is 82.1 Å². The Kier molecular flexibility index (Phi) is 4.99. The van der Waals surface area contributed by atoms with Gasteiger partial charge in [-0.25, -0.2) is 0 Å². The molecule has 0 aliphatic carbocycles. The molecule has 0 saturated carbocycles. The van der Waals surface area contributed by atoms with Crippen molar-refractivity contribution in [1.82, 2.24) is 0 Å². The first kappa shape index (κ1) is 12.8. The van der Waals surface area contributed by atoms with Crippen molar-refractivity contribution in [2.75, 3.05) is 0 Å². The molecule has 0 aromatic heterocycles. The van der Waals surface area contributed by atoms with Gasteiger partial charge in [0.2, 0.25) is 0 Å². The third kappa shape index (κ3) is 5.41. The minimum absolute atomic E-state index is 0. The Morgan fingerprint density at radius 2 is 1.64 bits per heavy atom. The molecular formula is C11H13F3. The summed E-state index contributed by atoms with van der Waals surface area (Å²) in [6, 6.07) is 8.90. The standard InChI is InChI=1S/C10H9F3.CH4/c11-10(12,13)8-4-7-9-5-2-1-3-6-9;/h1-7H,8H2;1H4/b7-4+;. The number of rotatable bonds is 2. The van der Waals surface area contributed by atoms with Crippen LogP contribution in [-0.2, 0) is 0 Å². The molecule has 0 aliphatic heterocycles. The van der Waals surface area contributed by atoms with Crippen LogP contribution in [0.1, 0.15) is 19.4 Å². The third-order valence-corrected chi connectivity index (χ3v) is 1.46. The highest BCUT2D eigenvalue weighted by atomic mass is 19.4. The summed E-state index contributed by atoms with van der Waals surface area (Å²) < 4.78 is 35.1. The summed E-state index contributed by atoms with van der Waals surface area (Å²) >= 11 is 0. The van der Waals surface area contributed by atoms with Crippen molar-refractivity contribution in [3.63, 3.8) is 0 Å². The second kappa shape index (κ2) is 5.47. The zero-order valence-corrected chi connectivity index (χ0v) is 6.88. The number of benzene rings is 1. The van der Waals surface area contributed by atoms with Crippen LogP contribution in [0.15, 0.2) is 36.4 Å². The maximum absolute atomic E-state index is 11.7. The minimum Gasteiger partial charge on any atom is -0.171 e. The van der Waals surface area contributed by atoms with Crippen molar-refractivity contribution in [1.29, 1.82) is 0 Å². The second-order valence-corrected chi connectivity index (χ2v) is 2.63. The van der Waals surface area contributed by atoms with Crippen molar-refractivity contribution in [2.24, 2.45) is 0 Å². The number of hydrogen-bond donors (Lipinski definition) is 0. The molecule has 0 amide bonds. The topological polar surface area (TPSA) is 0 Å². The van der Waals surface area contributed by atoms with Crippen LogP contribution in [-0.4, -0.2) is 6.18 Å². The van der Waals surface area contributed by atoms with Crippen molar-refractivity contribution in [3.05, 3.63) is 42.0 Å². The Hall–Kier alpha value is -1.25. The van der Waals surface area contributed by atoms with E-state index in [1.54, 1.807) is 24.3 Å². The van der Waals surface area contributed by atoms with Crippen LogP contribution in [0.4, 0.5) is 13.2 Å². The summed E-state index contributed by atoms with van der Waals surface area (Å²) in [5.41, 5.74) is 0.784. The Balaban J connectivity index is 0.00000169. The largest absolute Gasteiger partial charge is 0.392 e. The van der Waals surface area contributed by atoms with Crippen molar-refractivity contribution in [3.8, 4) is 0 Å². The Morgan fingerprint density at radius 1 is 1.07 bits per heavy atom. The van der Waals surface area contributed by atoms with Crippen molar-refractivity contribution < 1.29 is 13.2 Å². The average Bonchev–Trinajstić information content (AvgIpc) is 2.04. The summed E-state index contributed by atoms with van der Waals surface area (Å²) in [4.78, 5) is 0. The molecular weight excluding hydrogens is 189 g/mol. The summed E-state index contributed by atoms with van der Waals surface area (Å²) in [6.07, 6.45) is -2.39. The zero-order chi connectivity index (χ0) is 9.73. The van der Waals surface area contributed by atoms with Crippen molar-refractivity contribution >= 4 is 6.08 Å². The maximum atomic E-state index is 11.7. The SMILES string of the molecule is C.FC(F)(F)C/C=C/c1ccccc1. The van der Waals surface area contributed by atoms with Gasteiger partial charge in [0, 0.05) is 0 Å². The van der Waals surface area contributed by atoms with Gasteiger partial charge in [-0.1, -0.05) is 49.9 Å². The Morgan fingerprint density at radius 3 is 2.14 bits per heavy atom. The fraction of sp³-hybridized carbons (Fsp3) is 0.273. The van der Waals surface area contributed by atoms with Crippen LogP contribution >= 0.6 is 0 Å². The third-order valence-electron chi connectivity index (χ3n) is 1.46. The second-order valence-electron chi connectivity index (χ2n) is 2.63. The quantitative estimate of drug-likeness (QED) is 0.671. The zero-order valence-electron chi connectivity index (χ0n) is 6.88. The molecule has 0 nitrogen and oxygen atoms in total. The van der Waals surface area contributed by atoms with Crippen molar-refractivity contribution in [2.45, 2.75) is 20.0 Å². The van der Waals surface area contributed by atoms with E-state index in [4.69, 9.17) is 0 Å². The van der Waals surface area contributed by atoms with E-state index in [1.165, 1.54) is 6.08 Å². The Bertz CT molecular complexity index is 272. The molecule has 14 heavy (non-hydrogen) atoms. The van der Waals surface area contributed by atoms with E-state index in [1.807, 2.05) is 6.07 Å². The van der Waals surface area contributed by atoms with Gasteiger partial charge in [-0.3, -0.25) is 0 Å². The summed E-state index contributed by atoms with van der Waals surface area (Å²) in [7, 11) is 0. The van der Waals surface area contributed by atoms with E-state index < -0.39 is 12.6 Å². The van der Waals surface area contributed by atoms with Crippen LogP contribution in [0, 0.1) is 0 Å². The monoisotopic (exact) mass is 202 g/mol. The number of hydrogen-bond acceptors (Lipinski definition) is 0. The molecule has 1 rings (SSSR count). The van der Waals surface area contributed by atoms with E-state index in [0.717, 1.165) is 11.6 Å². The molecule has 0 radical (unpaired) electrons. The highest BCUT2D eigenvalue weighted by Crippen LogP contribution is 2.20. The van der Waals surface area contributed by atoms with Gasteiger partial charge in [-0.15, -0.1) is 0 Å². The normalized spacial score (nSPS) is 11.4. The van der Waals surface area contributed by atoms with Crippen LogP contribution in [0.3, 0.4) is 0 Å². The molecule has 0 atom stereocenters. The van der Waals surface area contributed by atoms with Crippen LogP contribution in [0.5, 0.6) is 0 Å². The predicted octanol–water partition coefficient (Wildman–Crippen LogP) is 4.29. The van der Waals surface area contributed by atoms with E-state index in [2.05, 4.69) is 0 Å². The molecule has 3 heteroatoms. The van der Waals surface area contributed by atoms with Gasteiger partial charge < -0.3 is 0 Å². The first-order chi connectivity index (χ1) is 6.08. The molecule has 1 aromatic carbocycles.